The van der Waals surface area contributed by atoms with Crippen LogP contribution in [0.5, 0.6) is 0 Å². The van der Waals surface area contributed by atoms with Crippen LogP contribution in [0.4, 0.5) is 11.6 Å². The highest BCUT2D eigenvalue weighted by Crippen LogP contribution is 2.45. The molecule has 1 aliphatic carbocycles. The van der Waals surface area contributed by atoms with Gasteiger partial charge in [0.15, 0.2) is 0 Å². The van der Waals surface area contributed by atoms with Gasteiger partial charge in [0, 0.05) is 12.4 Å². The van der Waals surface area contributed by atoms with Crippen molar-refractivity contribution in [2.75, 3.05) is 5.32 Å². The number of fused-ring (bicyclic) bond motifs is 1. The molecule has 1 atom stereocenters. The molecule has 0 spiro atoms. The lowest BCUT2D eigenvalue weighted by molar-refractivity contribution is 0.0695. The molecule has 178 valence electrons. The molecule has 3 aromatic heterocycles. The van der Waals surface area contributed by atoms with E-state index < -0.39 is 11.6 Å². The zero-order chi connectivity index (χ0) is 24.6. The number of hydrogen-bond acceptors (Lipinski definition) is 7. The number of aromatic carboxylic acids is 1. The first-order valence-corrected chi connectivity index (χ1v) is 12.4. The molecule has 0 aliphatic heterocycles. The topological polar surface area (TPSA) is 108 Å². The van der Waals surface area contributed by atoms with Crippen LogP contribution in [0.2, 0.25) is 0 Å². The van der Waals surface area contributed by atoms with Gasteiger partial charge < -0.3 is 15.5 Å². The van der Waals surface area contributed by atoms with Crippen molar-refractivity contribution in [1.29, 1.82) is 0 Å². The third-order valence-electron chi connectivity index (χ3n) is 6.25. The molecule has 8 heteroatoms. The van der Waals surface area contributed by atoms with Crippen LogP contribution in [-0.2, 0) is 18.4 Å². The minimum absolute atomic E-state index is 0.228. The van der Waals surface area contributed by atoms with Crippen molar-refractivity contribution in [2.45, 2.75) is 45.1 Å². The van der Waals surface area contributed by atoms with Gasteiger partial charge in [0.25, 0.3) is 0 Å². The second-order valence-electron chi connectivity index (χ2n) is 8.91. The number of rotatable bonds is 7. The van der Waals surface area contributed by atoms with E-state index in [9.17, 15) is 15.0 Å². The van der Waals surface area contributed by atoms with Crippen molar-refractivity contribution < 1.29 is 15.0 Å². The molecule has 1 aliphatic rings. The van der Waals surface area contributed by atoms with Crippen molar-refractivity contribution in [1.82, 2.24) is 15.0 Å². The highest BCUT2D eigenvalue weighted by atomic mass is 32.1. The zero-order valence-electron chi connectivity index (χ0n) is 19.6. The number of carboxylic acid groups (broad SMARTS) is 1. The molecule has 0 unspecified atom stereocenters. The summed E-state index contributed by atoms with van der Waals surface area (Å²) in [4.78, 5) is 25.9. The second kappa shape index (κ2) is 9.20. The monoisotopic (exact) mass is 486 g/mol. The largest absolute Gasteiger partial charge is 0.478 e. The van der Waals surface area contributed by atoms with E-state index in [-0.39, 0.29) is 5.56 Å². The van der Waals surface area contributed by atoms with Gasteiger partial charge in [-0.3, -0.25) is 0 Å². The van der Waals surface area contributed by atoms with Crippen LogP contribution in [0, 0.1) is 6.92 Å². The molecule has 1 aromatic carbocycles. The SMILES string of the molecule is CCCc1ccnc(Nc2cc(C)cc(-c3cnc([C@@]4(O)CCc5cc(C(=O)O)ccc54)s3)n2)c1. The van der Waals surface area contributed by atoms with Gasteiger partial charge in [0.2, 0.25) is 0 Å². The first-order chi connectivity index (χ1) is 16.9. The molecule has 3 N–H and O–H groups in total. The number of nitrogens with zero attached hydrogens (tertiary/aromatic N) is 3. The van der Waals surface area contributed by atoms with E-state index in [2.05, 4.69) is 22.2 Å². The summed E-state index contributed by atoms with van der Waals surface area (Å²) in [6, 6.07) is 12.9. The summed E-state index contributed by atoms with van der Waals surface area (Å²) in [6.45, 7) is 4.17. The molecule has 7 nitrogen and oxygen atoms in total. The van der Waals surface area contributed by atoms with E-state index in [4.69, 9.17) is 4.98 Å². The Hall–Kier alpha value is -3.62. The van der Waals surface area contributed by atoms with Crippen LogP contribution < -0.4 is 5.32 Å². The summed E-state index contributed by atoms with van der Waals surface area (Å²) >= 11 is 1.41. The third kappa shape index (κ3) is 4.54. The maximum Gasteiger partial charge on any atom is 0.335 e. The number of thiazole rings is 1. The summed E-state index contributed by atoms with van der Waals surface area (Å²) in [5.41, 5.74) is 3.61. The zero-order valence-corrected chi connectivity index (χ0v) is 20.4. The number of carboxylic acids is 1. The normalized spacial score (nSPS) is 16.8. The molecule has 5 rings (SSSR count). The van der Waals surface area contributed by atoms with Gasteiger partial charge in [-0.25, -0.2) is 19.7 Å². The summed E-state index contributed by atoms with van der Waals surface area (Å²) in [5, 5.41) is 24.7. The number of benzene rings is 1. The Labute approximate surface area is 207 Å². The van der Waals surface area contributed by atoms with Crippen LogP contribution in [0.1, 0.15) is 57.4 Å². The molecule has 0 amide bonds. The van der Waals surface area contributed by atoms with Crippen molar-refractivity contribution in [3.8, 4) is 10.6 Å². The van der Waals surface area contributed by atoms with Gasteiger partial charge in [-0.15, -0.1) is 11.3 Å². The van der Waals surface area contributed by atoms with Crippen molar-refractivity contribution >= 4 is 28.9 Å². The summed E-state index contributed by atoms with van der Waals surface area (Å²) in [5.74, 6) is 0.479. The van der Waals surface area contributed by atoms with Gasteiger partial charge >= 0.3 is 5.97 Å². The third-order valence-corrected chi connectivity index (χ3v) is 7.43. The smallest absolute Gasteiger partial charge is 0.335 e. The molecule has 0 saturated heterocycles. The van der Waals surface area contributed by atoms with Crippen LogP contribution in [-0.4, -0.2) is 31.1 Å². The Bertz CT molecular complexity index is 1420. The Kier molecular flexibility index (Phi) is 6.08. The first-order valence-electron chi connectivity index (χ1n) is 11.6. The predicted molar refractivity (Wildman–Crippen MR) is 136 cm³/mol. The molecule has 0 radical (unpaired) electrons. The molecule has 0 bridgehead atoms. The standard InChI is InChI=1S/C27H26N4O3S/c1-3-4-17-8-10-28-23(13-17)31-24-12-16(2)11-21(30-24)22-15-29-26(35-22)27(34)9-7-18-14-19(25(32)33)5-6-20(18)27/h5-6,8,10-15,34H,3-4,7,9H2,1-2H3,(H,32,33)(H,28,30,31)/t27-/m1/s1. The quantitative estimate of drug-likeness (QED) is 0.317. The molecule has 0 fully saturated rings. The van der Waals surface area contributed by atoms with E-state index in [0.29, 0.717) is 23.7 Å². The Morgan fingerprint density at radius 3 is 2.80 bits per heavy atom. The number of nitrogens with one attached hydrogen (secondary N) is 1. The Balaban J connectivity index is 1.43. The summed E-state index contributed by atoms with van der Waals surface area (Å²) in [7, 11) is 0. The number of anilines is 2. The fraction of sp³-hybridized carbons (Fsp3) is 0.259. The highest BCUT2D eigenvalue weighted by Gasteiger charge is 2.41. The number of aromatic nitrogens is 3. The van der Waals surface area contributed by atoms with Gasteiger partial charge in [0.1, 0.15) is 22.2 Å². The van der Waals surface area contributed by atoms with Crippen molar-refractivity contribution in [3.63, 3.8) is 0 Å². The number of aliphatic hydroxyl groups is 1. The van der Waals surface area contributed by atoms with E-state index in [0.717, 1.165) is 45.9 Å². The van der Waals surface area contributed by atoms with E-state index in [1.807, 2.05) is 31.2 Å². The van der Waals surface area contributed by atoms with Gasteiger partial charge in [-0.2, -0.15) is 0 Å². The number of hydrogen-bond donors (Lipinski definition) is 3. The maximum absolute atomic E-state index is 11.5. The van der Waals surface area contributed by atoms with Crippen LogP contribution in [0.3, 0.4) is 0 Å². The number of pyridine rings is 2. The van der Waals surface area contributed by atoms with Crippen LogP contribution in [0.25, 0.3) is 10.6 Å². The molecular formula is C27H26N4O3S. The lowest BCUT2D eigenvalue weighted by Gasteiger charge is -2.21. The minimum Gasteiger partial charge on any atom is -0.478 e. The lowest BCUT2D eigenvalue weighted by Crippen LogP contribution is -2.23. The van der Waals surface area contributed by atoms with Gasteiger partial charge in [-0.05, 0) is 84.8 Å². The highest BCUT2D eigenvalue weighted by molar-refractivity contribution is 7.15. The fourth-order valence-corrected chi connectivity index (χ4v) is 5.58. The second-order valence-corrected chi connectivity index (χ2v) is 9.94. The average Bonchev–Trinajstić information content (AvgIpc) is 3.45. The molecular weight excluding hydrogens is 460 g/mol. The van der Waals surface area contributed by atoms with Crippen molar-refractivity contribution in [2.24, 2.45) is 0 Å². The molecule has 35 heavy (non-hydrogen) atoms. The molecule has 3 heterocycles. The summed E-state index contributed by atoms with van der Waals surface area (Å²) in [6.07, 6.45) is 6.68. The van der Waals surface area contributed by atoms with E-state index in [1.165, 1.54) is 23.0 Å². The first kappa shape index (κ1) is 23.1. The Morgan fingerprint density at radius 1 is 1.14 bits per heavy atom. The predicted octanol–water partition coefficient (Wildman–Crippen LogP) is 5.48. The number of aryl methyl sites for hydroxylation is 3. The molecule has 4 aromatic rings. The Morgan fingerprint density at radius 2 is 2.00 bits per heavy atom. The minimum atomic E-state index is -1.23. The van der Waals surface area contributed by atoms with Crippen molar-refractivity contribution in [3.05, 3.63) is 87.7 Å². The van der Waals surface area contributed by atoms with Gasteiger partial charge in [-0.1, -0.05) is 19.4 Å². The van der Waals surface area contributed by atoms with Crippen LogP contribution in [0.15, 0.2) is 54.9 Å². The fourth-order valence-electron chi connectivity index (χ4n) is 4.57. The molecule has 0 saturated carbocycles. The lowest BCUT2D eigenvalue weighted by atomic mass is 9.96. The number of carbonyl (C=O) groups is 1. The van der Waals surface area contributed by atoms with Gasteiger partial charge in [0.05, 0.1) is 16.1 Å². The van der Waals surface area contributed by atoms with E-state index in [1.54, 1.807) is 24.5 Å². The average molecular weight is 487 g/mol. The maximum atomic E-state index is 11.5. The van der Waals surface area contributed by atoms with Crippen LogP contribution >= 0.6 is 11.3 Å². The summed E-state index contributed by atoms with van der Waals surface area (Å²) < 4.78 is 0. The van der Waals surface area contributed by atoms with E-state index >= 15 is 0 Å².